The lowest BCUT2D eigenvalue weighted by molar-refractivity contribution is -0.138. The number of ether oxygens (including phenoxy) is 1. The maximum absolute atomic E-state index is 11.3. The molecule has 0 saturated carbocycles. The SMILES string of the molecule is CC(C)(CC(C(=O)O)S(=O)(=O)O)SCCOCCN1C(=O)C=CC1=O. The number of thioether (sulfide) groups is 1. The lowest BCUT2D eigenvalue weighted by atomic mass is 10.1. The van der Waals surface area contributed by atoms with Crippen molar-refractivity contribution in [2.24, 2.45) is 0 Å². The van der Waals surface area contributed by atoms with Crippen LogP contribution in [0.15, 0.2) is 12.2 Å². The van der Waals surface area contributed by atoms with Crippen LogP contribution in [0.5, 0.6) is 0 Å². The first-order valence-electron chi connectivity index (χ1n) is 7.38. The van der Waals surface area contributed by atoms with Gasteiger partial charge in [0, 0.05) is 22.7 Å². The lowest BCUT2D eigenvalue weighted by Gasteiger charge is -2.26. The van der Waals surface area contributed by atoms with Gasteiger partial charge in [0.25, 0.3) is 21.9 Å². The molecule has 0 aromatic rings. The van der Waals surface area contributed by atoms with Crippen molar-refractivity contribution in [3.63, 3.8) is 0 Å². The van der Waals surface area contributed by atoms with Crippen LogP contribution < -0.4 is 0 Å². The normalized spacial score (nSPS) is 16.5. The average molecular weight is 395 g/mol. The summed E-state index contributed by atoms with van der Waals surface area (Å²) in [7, 11) is -4.68. The molecule has 0 radical (unpaired) electrons. The summed E-state index contributed by atoms with van der Waals surface area (Å²) in [4.78, 5) is 34.7. The minimum Gasteiger partial charge on any atom is -0.480 e. The number of carbonyl (C=O) groups excluding carboxylic acids is 2. The Labute approximate surface area is 150 Å². The highest BCUT2D eigenvalue weighted by molar-refractivity contribution is 8.00. The van der Waals surface area contributed by atoms with Gasteiger partial charge in [-0.25, -0.2) is 0 Å². The average Bonchev–Trinajstić information content (AvgIpc) is 2.78. The van der Waals surface area contributed by atoms with Crippen molar-refractivity contribution in [3.8, 4) is 0 Å². The minimum atomic E-state index is -4.68. The Bertz CT molecular complexity index is 638. The summed E-state index contributed by atoms with van der Waals surface area (Å²) in [5.74, 6) is -1.91. The van der Waals surface area contributed by atoms with E-state index in [1.807, 2.05) is 0 Å². The molecular weight excluding hydrogens is 374 g/mol. The zero-order valence-corrected chi connectivity index (χ0v) is 15.5. The Hall–Kier alpha value is -1.43. The van der Waals surface area contributed by atoms with Crippen molar-refractivity contribution in [3.05, 3.63) is 12.2 Å². The van der Waals surface area contributed by atoms with E-state index in [1.165, 1.54) is 23.9 Å². The molecule has 2 amide bonds. The fourth-order valence-electron chi connectivity index (χ4n) is 2.11. The van der Waals surface area contributed by atoms with E-state index in [0.29, 0.717) is 5.75 Å². The molecule has 0 aliphatic carbocycles. The molecule has 0 fully saturated rings. The van der Waals surface area contributed by atoms with Gasteiger partial charge in [-0.1, -0.05) is 13.8 Å². The van der Waals surface area contributed by atoms with E-state index in [4.69, 9.17) is 14.4 Å². The Balaban J connectivity index is 2.31. The van der Waals surface area contributed by atoms with Gasteiger partial charge >= 0.3 is 5.97 Å². The Morgan fingerprint density at radius 3 is 2.32 bits per heavy atom. The summed E-state index contributed by atoms with van der Waals surface area (Å²) in [6.45, 7) is 3.94. The van der Waals surface area contributed by atoms with Gasteiger partial charge in [-0.3, -0.25) is 23.8 Å². The lowest BCUT2D eigenvalue weighted by Crippen LogP contribution is -2.36. The molecule has 1 unspecified atom stereocenters. The van der Waals surface area contributed by atoms with Gasteiger partial charge in [0.1, 0.15) is 0 Å². The third-order valence-electron chi connectivity index (χ3n) is 3.39. The zero-order chi connectivity index (χ0) is 19.3. The molecule has 1 rings (SSSR count). The van der Waals surface area contributed by atoms with Crippen LogP contribution in [-0.4, -0.2) is 76.3 Å². The van der Waals surface area contributed by atoms with Crippen molar-refractivity contribution in [1.29, 1.82) is 0 Å². The summed E-state index contributed by atoms with van der Waals surface area (Å²) in [5.41, 5.74) is 0. The maximum atomic E-state index is 11.3. The summed E-state index contributed by atoms with van der Waals surface area (Å²) in [6.07, 6.45) is 2.12. The predicted molar refractivity (Wildman–Crippen MR) is 90.8 cm³/mol. The number of carboxylic acid groups (broad SMARTS) is 1. The van der Waals surface area contributed by atoms with Gasteiger partial charge in [0.2, 0.25) is 0 Å². The van der Waals surface area contributed by atoms with Crippen LogP contribution in [-0.2, 0) is 29.2 Å². The number of nitrogens with zero attached hydrogens (tertiary/aromatic N) is 1. The largest absolute Gasteiger partial charge is 0.480 e. The van der Waals surface area contributed by atoms with E-state index in [-0.39, 0.29) is 38.0 Å². The zero-order valence-electron chi connectivity index (χ0n) is 13.9. The van der Waals surface area contributed by atoms with Crippen molar-refractivity contribution >= 4 is 39.7 Å². The van der Waals surface area contributed by atoms with Crippen LogP contribution in [0.1, 0.15) is 20.3 Å². The number of amides is 2. The van der Waals surface area contributed by atoms with Crippen LogP contribution in [0.3, 0.4) is 0 Å². The number of carbonyl (C=O) groups is 3. The standard InChI is InChI=1S/C14H21NO8S2/c1-14(2,9-10(13(18)19)25(20,21)22)24-8-7-23-6-5-15-11(16)3-4-12(15)17/h3-4,10H,5-9H2,1-2H3,(H,18,19)(H,20,21,22). The second-order valence-electron chi connectivity index (χ2n) is 5.93. The molecule has 1 heterocycles. The molecule has 25 heavy (non-hydrogen) atoms. The Morgan fingerprint density at radius 2 is 1.84 bits per heavy atom. The molecule has 0 saturated heterocycles. The molecule has 0 spiro atoms. The van der Waals surface area contributed by atoms with E-state index in [9.17, 15) is 22.8 Å². The number of imide groups is 1. The molecule has 1 aliphatic rings. The Morgan fingerprint density at radius 1 is 1.28 bits per heavy atom. The van der Waals surface area contributed by atoms with Crippen molar-refractivity contribution in [2.45, 2.75) is 30.3 Å². The fourth-order valence-corrected chi connectivity index (χ4v) is 4.14. The number of rotatable bonds is 11. The molecule has 1 atom stereocenters. The Kier molecular flexibility index (Phi) is 7.60. The van der Waals surface area contributed by atoms with Gasteiger partial charge in [-0.2, -0.15) is 20.2 Å². The summed E-state index contributed by atoms with van der Waals surface area (Å²) in [6, 6.07) is 0. The number of carboxylic acids is 1. The number of hydrogen-bond acceptors (Lipinski definition) is 7. The molecule has 2 N–H and O–H groups in total. The topological polar surface area (TPSA) is 138 Å². The molecule has 11 heteroatoms. The van der Waals surface area contributed by atoms with E-state index in [1.54, 1.807) is 13.8 Å². The third kappa shape index (κ3) is 7.14. The van der Waals surface area contributed by atoms with Crippen LogP contribution >= 0.6 is 11.8 Å². The fraction of sp³-hybridized carbons (Fsp3) is 0.643. The summed E-state index contributed by atoms with van der Waals surface area (Å²) < 4.78 is 35.8. The van der Waals surface area contributed by atoms with Crippen molar-refractivity contribution < 1.29 is 37.2 Å². The first kappa shape index (κ1) is 21.6. The van der Waals surface area contributed by atoms with E-state index in [2.05, 4.69) is 0 Å². The van der Waals surface area contributed by atoms with Crippen LogP contribution in [0.25, 0.3) is 0 Å². The van der Waals surface area contributed by atoms with E-state index >= 15 is 0 Å². The van der Waals surface area contributed by atoms with Crippen LogP contribution in [0.2, 0.25) is 0 Å². The predicted octanol–water partition coefficient (Wildman–Crippen LogP) is 0.171. The number of hydrogen-bond donors (Lipinski definition) is 2. The molecule has 142 valence electrons. The molecule has 0 bridgehead atoms. The second kappa shape index (κ2) is 8.79. The van der Waals surface area contributed by atoms with Crippen molar-refractivity contribution in [2.75, 3.05) is 25.5 Å². The summed E-state index contributed by atoms with van der Waals surface area (Å²) in [5, 5.41) is 7.04. The van der Waals surface area contributed by atoms with Gasteiger partial charge in [-0.05, 0) is 6.42 Å². The molecule has 9 nitrogen and oxygen atoms in total. The minimum absolute atomic E-state index is 0.141. The smallest absolute Gasteiger partial charge is 0.324 e. The quantitative estimate of drug-likeness (QED) is 0.285. The van der Waals surface area contributed by atoms with E-state index < -0.39 is 26.1 Å². The first-order chi connectivity index (χ1) is 11.4. The molecular formula is C14H21NO8S2. The monoisotopic (exact) mass is 395 g/mol. The highest BCUT2D eigenvalue weighted by Gasteiger charge is 2.36. The highest BCUT2D eigenvalue weighted by atomic mass is 32.2. The van der Waals surface area contributed by atoms with Gasteiger partial charge in [0.15, 0.2) is 5.25 Å². The molecule has 1 aliphatic heterocycles. The van der Waals surface area contributed by atoms with Gasteiger partial charge in [0.05, 0.1) is 19.8 Å². The van der Waals surface area contributed by atoms with Crippen LogP contribution in [0.4, 0.5) is 0 Å². The molecule has 0 aromatic heterocycles. The van der Waals surface area contributed by atoms with Crippen LogP contribution in [0, 0.1) is 0 Å². The number of aliphatic carboxylic acids is 1. The second-order valence-corrected chi connectivity index (χ2v) is 9.33. The summed E-state index contributed by atoms with van der Waals surface area (Å²) >= 11 is 1.30. The van der Waals surface area contributed by atoms with Gasteiger partial charge < -0.3 is 9.84 Å². The van der Waals surface area contributed by atoms with Crippen molar-refractivity contribution in [1.82, 2.24) is 4.90 Å². The van der Waals surface area contributed by atoms with E-state index in [0.717, 1.165) is 4.90 Å². The first-order valence-corrected chi connectivity index (χ1v) is 9.87. The van der Waals surface area contributed by atoms with Gasteiger partial charge in [-0.15, -0.1) is 0 Å². The maximum Gasteiger partial charge on any atom is 0.324 e. The third-order valence-corrected chi connectivity index (χ3v) is 5.80. The molecule has 0 aromatic carbocycles. The highest BCUT2D eigenvalue weighted by Crippen LogP contribution is 2.31.